The van der Waals surface area contributed by atoms with E-state index in [2.05, 4.69) is 26.1 Å². The molecule has 2 atom stereocenters. The maximum Gasteiger partial charge on any atom is 0.233 e. The Morgan fingerprint density at radius 2 is 2.19 bits per heavy atom. The van der Waals surface area contributed by atoms with Crippen LogP contribution in [0.25, 0.3) is 0 Å². The van der Waals surface area contributed by atoms with Gasteiger partial charge in [0.05, 0.1) is 12.6 Å². The van der Waals surface area contributed by atoms with E-state index in [0.717, 1.165) is 19.4 Å². The van der Waals surface area contributed by atoms with Gasteiger partial charge in [0.15, 0.2) is 0 Å². The van der Waals surface area contributed by atoms with Gasteiger partial charge in [-0.25, -0.2) is 0 Å². The molecule has 1 aliphatic rings. The Kier molecular flexibility index (Phi) is 4.74. The summed E-state index contributed by atoms with van der Waals surface area (Å²) in [6.07, 6.45) is 2.42. The minimum absolute atomic E-state index is 0.0633. The van der Waals surface area contributed by atoms with Crippen LogP contribution in [0.3, 0.4) is 0 Å². The summed E-state index contributed by atoms with van der Waals surface area (Å²) in [5.74, 6) is 0.322. The first-order valence-electron chi connectivity index (χ1n) is 6.03. The Bertz CT molecular complexity index is 236. The van der Waals surface area contributed by atoms with E-state index >= 15 is 0 Å². The van der Waals surface area contributed by atoms with Gasteiger partial charge in [-0.1, -0.05) is 20.8 Å². The topological polar surface area (TPSA) is 64.3 Å². The molecule has 16 heavy (non-hydrogen) atoms. The predicted molar refractivity (Wildman–Crippen MR) is 64.0 cm³/mol. The lowest BCUT2D eigenvalue weighted by Crippen LogP contribution is -2.46. The summed E-state index contributed by atoms with van der Waals surface area (Å²) in [7, 11) is 0. The summed E-state index contributed by atoms with van der Waals surface area (Å²) >= 11 is 0. The third-order valence-electron chi connectivity index (χ3n) is 3.05. The number of carbonyl (C=O) groups is 1. The van der Waals surface area contributed by atoms with Crippen molar-refractivity contribution in [3.8, 4) is 0 Å². The maximum atomic E-state index is 11.1. The predicted octanol–water partition coefficient (Wildman–Crippen LogP) is 0.903. The molecule has 1 rings (SSSR count). The molecular formula is C12H24N2O2. The summed E-state index contributed by atoms with van der Waals surface area (Å²) < 4.78 is 5.84. The summed E-state index contributed by atoms with van der Waals surface area (Å²) in [6.45, 7) is 8.12. The fraction of sp³-hybridized carbons (Fsp3) is 0.917. The monoisotopic (exact) mass is 228 g/mol. The molecule has 0 spiro atoms. The Labute approximate surface area is 97.9 Å². The van der Waals surface area contributed by atoms with Gasteiger partial charge in [-0.05, 0) is 18.3 Å². The zero-order valence-corrected chi connectivity index (χ0v) is 10.6. The van der Waals surface area contributed by atoms with E-state index in [0.29, 0.717) is 12.5 Å². The number of hydrogen-bond acceptors (Lipinski definition) is 3. The van der Waals surface area contributed by atoms with Crippen LogP contribution < -0.4 is 11.1 Å². The van der Waals surface area contributed by atoms with Crippen LogP contribution in [-0.4, -0.2) is 31.7 Å². The number of rotatable bonds is 3. The van der Waals surface area contributed by atoms with E-state index in [4.69, 9.17) is 10.5 Å². The highest BCUT2D eigenvalue weighted by Gasteiger charge is 2.35. The van der Waals surface area contributed by atoms with Crippen LogP contribution in [0.15, 0.2) is 0 Å². The quantitative estimate of drug-likeness (QED) is 0.754. The normalized spacial score (nSPS) is 26.5. The molecule has 0 aromatic rings. The van der Waals surface area contributed by atoms with Crippen LogP contribution in [0, 0.1) is 11.3 Å². The van der Waals surface area contributed by atoms with Crippen molar-refractivity contribution in [1.82, 2.24) is 5.32 Å². The van der Waals surface area contributed by atoms with E-state index in [1.54, 1.807) is 0 Å². The summed E-state index contributed by atoms with van der Waals surface area (Å²) in [6, 6.07) is 0. The Balaban J connectivity index is 2.51. The number of amides is 1. The summed E-state index contributed by atoms with van der Waals surface area (Å²) in [4.78, 5) is 11.1. The molecule has 1 saturated heterocycles. The third-order valence-corrected chi connectivity index (χ3v) is 3.05. The van der Waals surface area contributed by atoms with E-state index in [1.807, 2.05) is 0 Å². The zero-order chi connectivity index (χ0) is 12.2. The molecule has 0 saturated carbocycles. The molecule has 0 radical (unpaired) electrons. The van der Waals surface area contributed by atoms with Gasteiger partial charge in [0.25, 0.3) is 0 Å². The van der Waals surface area contributed by atoms with Crippen LogP contribution in [0.4, 0.5) is 0 Å². The second-order valence-corrected chi connectivity index (χ2v) is 5.57. The minimum Gasteiger partial charge on any atom is -0.377 e. The van der Waals surface area contributed by atoms with Gasteiger partial charge in [0.2, 0.25) is 5.91 Å². The van der Waals surface area contributed by atoms with Crippen molar-refractivity contribution in [2.24, 2.45) is 17.1 Å². The molecule has 0 aliphatic carbocycles. The lowest BCUT2D eigenvalue weighted by Gasteiger charge is -2.40. The van der Waals surface area contributed by atoms with E-state index < -0.39 is 0 Å². The van der Waals surface area contributed by atoms with Gasteiger partial charge in [0.1, 0.15) is 0 Å². The molecule has 4 heteroatoms. The first kappa shape index (κ1) is 13.5. The molecule has 0 bridgehead atoms. The van der Waals surface area contributed by atoms with Crippen LogP contribution in [0.1, 0.15) is 33.6 Å². The van der Waals surface area contributed by atoms with Gasteiger partial charge in [0, 0.05) is 19.1 Å². The maximum absolute atomic E-state index is 11.1. The van der Waals surface area contributed by atoms with Crippen LogP contribution in [0.5, 0.6) is 0 Å². The second kappa shape index (κ2) is 5.64. The van der Waals surface area contributed by atoms with Crippen molar-refractivity contribution in [3.63, 3.8) is 0 Å². The highest BCUT2D eigenvalue weighted by atomic mass is 16.5. The fourth-order valence-electron chi connectivity index (χ4n) is 2.33. The molecule has 0 aromatic heterocycles. The molecular weight excluding hydrogens is 204 g/mol. The van der Waals surface area contributed by atoms with E-state index in [-0.39, 0.29) is 24.0 Å². The summed E-state index contributed by atoms with van der Waals surface area (Å²) in [5, 5.41) is 2.86. The number of nitrogens with one attached hydrogen (secondary N) is 1. The Morgan fingerprint density at radius 1 is 1.50 bits per heavy atom. The van der Waals surface area contributed by atoms with Crippen molar-refractivity contribution in [1.29, 1.82) is 0 Å². The van der Waals surface area contributed by atoms with Crippen molar-refractivity contribution >= 4 is 5.91 Å². The third kappa shape index (κ3) is 3.76. The standard InChI is InChI=1S/C12H24N2O2/c1-12(2,3)11-9(5-4-6-16-11)8-14-10(15)7-13/h9,11H,4-8,13H2,1-3H3,(H,14,15). The van der Waals surface area contributed by atoms with Crippen LogP contribution in [0.2, 0.25) is 0 Å². The molecule has 1 amide bonds. The average molecular weight is 228 g/mol. The number of ether oxygens (including phenoxy) is 1. The number of nitrogens with two attached hydrogens (primary N) is 1. The molecule has 1 fully saturated rings. The Morgan fingerprint density at radius 3 is 2.75 bits per heavy atom. The average Bonchev–Trinajstić information content (AvgIpc) is 2.25. The van der Waals surface area contributed by atoms with Gasteiger partial charge < -0.3 is 15.8 Å². The van der Waals surface area contributed by atoms with Crippen molar-refractivity contribution in [3.05, 3.63) is 0 Å². The van der Waals surface area contributed by atoms with Gasteiger partial charge in [-0.3, -0.25) is 4.79 Å². The van der Waals surface area contributed by atoms with Crippen molar-refractivity contribution in [2.75, 3.05) is 19.7 Å². The molecule has 4 nitrogen and oxygen atoms in total. The first-order valence-corrected chi connectivity index (χ1v) is 6.03. The molecule has 1 heterocycles. The minimum atomic E-state index is -0.0850. The van der Waals surface area contributed by atoms with Crippen LogP contribution in [-0.2, 0) is 9.53 Å². The highest BCUT2D eigenvalue weighted by molar-refractivity contribution is 5.77. The molecule has 1 aliphatic heterocycles. The molecule has 0 aromatic carbocycles. The smallest absolute Gasteiger partial charge is 0.233 e. The lowest BCUT2D eigenvalue weighted by molar-refractivity contribution is -0.121. The fourth-order valence-corrected chi connectivity index (χ4v) is 2.33. The van der Waals surface area contributed by atoms with Gasteiger partial charge >= 0.3 is 0 Å². The largest absolute Gasteiger partial charge is 0.377 e. The van der Waals surface area contributed by atoms with E-state index in [9.17, 15) is 4.79 Å². The van der Waals surface area contributed by atoms with Crippen molar-refractivity contribution in [2.45, 2.75) is 39.7 Å². The highest BCUT2D eigenvalue weighted by Crippen LogP contribution is 2.33. The zero-order valence-electron chi connectivity index (χ0n) is 10.6. The SMILES string of the molecule is CC(C)(C)C1OCCCC1CNC(=O)CN. The van der Waals surface area contributed by atoms with Crippen LogP contribution >= 0.6 is 0 Å². The lowest BCUT2D eigenvalue weighted by atomic mass is 9.78. The number of hydrogen-bond donors (Lipinski definition) is 2. The van der Waals surface area contributed by atoms with Crippen molar-refractivity contribution < 1.29 is 9.53 Å². The first-order chi connectivity index (χ1) is 7.45. The summed E-state index contributed by atoms with van der Waals surface area (Å²) in [5.41, 5.74) is 5.39. The van der Waals surface area contributed by atoms with E-state index in [1.165, 1.54) is 0 Å². The molecule has 3 N–H and O–H groups in total. The Hall–Kier alpha value is -0.610. The van der Waals surface area contributed by atoms with Gasteiger partial charge in [-0.2, -0.15) is 0 Å². The van der Waals surface area contributed by atoms with Gasteiger partial charge in [-0.15, -0.1) is 0 Å². The molecule has 2 unspecified atom stereocenters. The number of carbonyl (C=O) groups excluding carboxylic acids is 1. The molecule has 94 valence electrons. The second-order valence-electron chi connectivity index (χ2n) is 5.57.